The molecule has 4 atom stereocenters. The summed E-state index contributed by atoms with van der Waals surface area (Å²) in [6, 6.07) is 20.3. The summed E-state index contributed by atoms with van der Waals surface area (Å²) in [5.74, 6) is 2.73. The van der Waals surface area contributed by atoms with E-state index in [4.69, 9.17) is 23.2 Å². The first-order valence-electron chi connectivity index (χ1n) is 21.4. The second-order valence-corrected chi connectivity index (χ2v) is 18.0. The molecule has 4 aromatic rings. The highest BCUT2D eigenvalue weighted by molar-refractivity contribution is 6.31. The summed E-state index contributed by atoms with van der Waals surface area (Å²) >= 11 is 12.8. The van der Waals surface area contributed by atoms with E-state index in [1.54, 1.807) is 54.6 Å². The molecule has 11 nitrogen and oxygen atoms in total. The van der Waals surface area contributed by atoms with E-state index in [2.05, 4.69) is 33.1 Å². The zero-order valence-corrected chi connectivity index (χ0v) is 35.8. The van der Waals surface area contributed by atoms with Crippen molar-refractivity contribution in [1.82, 2.24) is 15.5 Å². The van der Waals surface area contributed by atoms with Gasteiger partial charge in [0.25, 0.3) is 5.91 Å². The molecule has 4 heterocycles. The zero-order valence-electron chi connectivity index (χ0n) is 34.3. The van der Waals surface area contributed by atoms with Crippen LogP contribution >= 0.6 is 23.2 Å². The lowest BCUT2D eigenvalue weighted by Gasteiger charge is -2.47. The normalized spacial score (nSPS) is 23.2. The molecule has 63 heavy (non-hydrogen) atoms. The fraction of sp³-hybridized carbons (Fsp3) is 0.347. The summed E-state index contributed by atoms with van der Waals surface area (Å²) in [5, 5.41) is 12.3. The summed E-state index contributed by atoms with van der Waals surface area (Å²) in [6.45, 7) is 0.305. The predicted octanol–water partition coefficient (Wildman–Crippen LogP) is 7.98. The van der Waals surface area contributed by atoms with Crippen molar-refractivity contribution in [2.24, 2.45) is 0 Å². The van der Waals surface area contributed by atoms with E-state index in [1.807, 2.05) is 18.2 Å². The summed E-state index contributed by atoms with van der Waals surface area (Å²) in [5.41, 5.74) is 2.08. The maximum atomic E-state index is 16.2. The van der Waals surface area contributed by atoms with E-state index in [9.17, 15) is 28.8 Å². The molecule has 9 rings (SSSR count). The molecule has 1 aliphatic carbocycles. The second-order valence-electron chi connectivity index (χ2n) is 17.1. The van der Waals surface area contributed by atoms with Gasteiger partial charge in [0.05, 0.1) is 11.1 Å². The molecule has 0 radical (unpaired) electrons. The van der Waals surface area contributed by atoms with Crippen LogP contribution in [0.5, 0.6) is 0 Å². The molecule has 3 fully saturated rings. The van der Waals surface area contributed by atoms with E-state index in [-0.39, 0.29) is 40.5 Å². The highest BCUT2D eigenvalue weighted by Gasteiger charge is 2.72. The summed E-state index contributed by atoms with van der Waals surface area (Å²) in [7, 11) is 0. The van der Waals surface area contributed by atoms with Crippen molar-refractivity contribution in [3.05, 3.63) is 128 Å². The van der Waals surface area contributed by atoms with Crippen LogP contribution in [0.1, 0.15) is 120 Å². The maximum Gasteiger partial charge on any atom is 0.255 e. The van der Waals surface area contributed by atoms with Gasteiger partial charge in [0.1, 0.15) is 17.3 Å². The Bertz CT molecular complexity index is 2650. The van der Waals surface area contributed by atoms with Crippen molar-refractivity contribution in [3.8, 4) is 11.8 Å². The topological polar surface area (TPSA) is 154 Å². The van der Waals surface area contributed by atoms with Crippen LogP contribution in [0, 0.1) is 17.7 Å². The first-order valence-corrected chi connectivity index (χ1v) is 22.2. The molecule has 1 unspecified atom stereocenters. The number of rotatable bonds is 9. The first-order chi connectivity index (χ1) is 30.4. The van der Waals surface area contributed by atoms with Crippen LogP contribution in [0.25, 0.3) is 0 Å². The molecule has 0 aromatic heterocycles. The van der Waals surface area contributed by atoms with Crippen LogP contribution in [-0.2, 0) is 31.1 Å². The number of carbonyl (C=O) groups excluding carboxylic acids is 6. The third-order valence-electron chi connectivity index (χ3n) is 13.5. The van der Waals surface area contributed by atoms with Crippen molar-refractivity contribution in [1.29, 1.82) is 0 Å². The van der Waals surface area contributed by atoms with Crippen LogP contribution in [0.2, 0.25) is 10.0 Å². The number of halogens is 3. The molecule has 1 saturated carbocycles. The van der Waals surface area contributed by atoms with E-state index in [0.29, 0.717) is 90.1 Å². The maximum absolute atomic E-state index is 16.2. The Morgan fingerprint density at radius 1 is 0.905 bits per heavy atom. The van der Waals surface area contributed by atoms with Crippen molar-refractivity contribution in [2.75, 3.05) is 10.6 Å². The largest absolute Gasteiger partial charge is 0.325 e. The summed E-state index contributed by atoms with van der Waals surface area (Å²) in [6.07, 6.45) is 6.44. The van der Waals surface area contributed by atoms with Gasteiger partial charge in [-0.25, -0.2) is 4.39 Å². The lowest BCUT2D eigenvalue weighted by molar-refractivity contribution is -0.137. The molecule has 4 aromatic carbocycles. The average Bonchev–Trinajstić information content (AvgIpc) is 3.86. The molecule has 2 saturated heterocycles. The predicted molar refractivity (Wildman–Crippen MR) is 236 cm³/mol. The number of piperidine rings is 1. The third kappa shape index (κ3) is 7.50. The number of amides is 5. The number of carbonyl (C=O) groups is 6. The van der Waals surface area contributed by atoms with Gasteiger partial charge in [-0.1, -0.05) is 78.6 Å². The Morgan fingerprint density at radius 2 is 1.70 bits per heavy atom. The van der Waals surface area contributed by atoms with Crippen molar-refractivity contribution in [2.45, 2.75) is 106 Å². The number of ketones is 1. The summed E-state index contributed by atoms with van der Waals surface area (Å²) < 4.78 is 16.2. The van der Waals surface area contributed by atoms with Gasteiger partial charge in [0, 0.05) is 70.4 Å². The number of unbranched alkanes of at least 4 members (excludes halogenated alkanes) is 2. The highest BCUT2D eigenvalue weighted by atomic mass is 35.5. The molecule has 4 N–H and O–H groups in total. The number of hydrogen-bond acceptors (Lipinski definition) is 7. The fourth-order valence-electron chi connectivity index (χ4n) is 10.6. The van der Waals surface area contributed by atoms with Gasteiger partial charge in [0.15, 0.2) is 5.78 Å². The Morgan fingerprint density at radius 3 is 2.48 bits per heavy atom. The minimum Gasteiger partial charge on any atom is -0.325 e. The standard InChI is InChI=1S/C49H44Cl2FN5O6/c50-31-17-20-35-37(26-31)54-47(63)49(35)41(33-10-8-11-36(51)42(33)52)43(56-48(49)23-6-3-7-24-48)45(61)53-32-18-15-29(16-19-32)39(58)12-5-2-1-4-9-28-13-14-30-27-57(46(62)34(30)25-28)38-21-22-40(59)55-44(38)60/h8,10-11,13-20,25-26,38,41,43,56H,1-3,5-7,12,21-24,27H2,(H,53,61)(H,54,63)(H,55,59,60)/t38?,41-,43+,49+/m0/s1. The SMILES string of the molecule is O=C1CCC(N2Cc3ccc(C#CCCCCC(=O)c4ccc(NC(=O)[C@@H]5NC6(CCCCC6)[C@@]6(C(=O)Nc7cc(Cl)ccc76)[C@H]5c5cccc(Cl)c5F)cc4)cc3C2=O)C(=O)N1. The van der Waals surface area contributed by atoms with Crippen molar-refractivity contribution >= 4 is 69.9 Å². The number of benzene rings is 4. The van der Waals surface area contributed by atoms with Crippen LogP contribution in [0.4, 0.5) is 15.8 Å². The number of Topliss-reactive ketones (excluding diaryl/α,β-unsaturated/α-hetero) is 1. The lowest BCUT2D eigenvalue weighted by atomic mass is 9.55. The van der Waals surface area contributed by atoms with E-state index in [1.165, 1.54) is 11.0 Å². The molecule has 2 spiro atoms. The molecular formula is C49H44Cl2FN5O6. The van der Waals surface area contributed by atoms with Crippen molar-refractivity contribution < 1.29 is 33.2 Å². The Kier molecular flexibility index (Phi) is 11.5. The number of imide groups is 1. The molecule has 322 valence electrons. The molecule has 4 aliphatic heterocycles. The number of nitrogens with one attached hydrogen (secondary N) is 4. The number of fused-ring (bicyclic) bond motifs is 4. The third-order valence-corrected chi connectivity index (χ3v) is 14.0. The van der Waals surface area contributed by atoms with Gasteiger partial charge >= 0.3 is 0 Å². The number of nitrogens with zero attached hydrogens (tertiary/aromatic N) is 1. The van der Waals surface area contributed by atoms with Crippen LogP contribution < -0.4 is 21.3 Å². The molecule has 5 aliphatic rings. The Balaban J connectivity index is 0.846. The van der Waals surface area contributed by atoms with Gasteiger partial charge in [0.2, 0.25) is 23.6 Å². The van der Waals surface area contributed by atoms with E-state index in [0.717, 1.165) is 24.8 Å². The Hall–Kier alpha value is -5.87. The quantitative estimate of drug-likeness (QED) is 0.0576. The number of anilines is 2. The van der Waals surface area contributed by atoms with Crippen molar-refractivity contribution in [3.63, 3.8) is 0 Å². The van der Waals surface area contributed by atoms with Gasteiger partial charge in [-0.2, -0.15) is 0 Å². The minimum absolute atomic E-state index is 0.0558. The zero-order chi connectivity index (χ0) is 44.0. The minimum atomic E-state index is -1.35. The highest BCUT2D eigenvalue weighted by Crippen LogP contribution is 2.63. The van der Waals surface area contributed by atoms with Crippen LogP contribution in [-0.4, -0.2) is 57.8 Å². The first kappa shape index (κ1) is 42.4. The molecular weight excluding hydrogens is 844 g/mol. The monoisotopic (exact) mass is 887 g/mol. The second kappa shape index (κ2) is 17.0. The molecule has 0 bridgehead atoms. The van der Waals surface area contributed by atoms with Gasteiger partial charge in [-0.05, 0) is 103 Å². The average molecular weight is 889 g/mol. The fourth-order valence-corrected chi connectivity index (χ4v) is 11.0. The van der Waals surface area contributed by atoms with E-state index >= 15 is 4.39 Å². The smallest absolute Gasteiger partial charge is 0.255 e. The lowest BCUT2D eigenvalue weighted by Crippen LogP contribution is -2.60. The molecule has 5 amide bonds. The number of hydrogen-bond donors (Lipinski definition) is 4. The van der Waals surface area contributed by atoms with Gasteiger partial charge in [-0.3, -0.25) is 39.4 Å². The van der Waals surface area contributed by atoms with Crippen LogP contribution in [0.3, 0.4) is 0 Å². The Labute approximate surface area is 373 Å². The van der Waals surface area contributed by atoms with Gasteiger partial charge < -0.3 is 15.5 Å². The summed E-state index contributed by atoms with van der Waals surface area (Å²) in [4.78, 5) is 80.9. The molecule has 14 heteroatoms. The van der Waals surface area contributed by atoms with E-state index < -0.39 is 46.6 Å². The van der Waals surface area contributed by atoms with Crippen LogP contribution in [0.15, 0.2) is 78.9 Å². The van der Waals surface area contributed by atoms with Gasteiger partial charge in [-0.15, -0.1) is 0 Å².